The molecule has 2 aromatic rings. The van der Waals surface area contributed by atoms with Crippen LogP contribution >= 0.6 is 23.4 Å². The van der Waals surface area contributed by atoms with Gasteiger partial charge in [0.15, 0.2) is 0 Å². The second-order valence-corrected chi connectivity index (χ2v) is 12.4. The Balaban J connectivity index is 1.23. The number of ether oxygens (including phenoxy) is 1. The summed E-state index contributed by atoms with van der Waals surface area (Å²) in [5.41, 5.74) is 2.83. The minimum absolute atomic E-state index is 0.210. The van der Waals surface area contributed by atoms with Crippen molar-refractivity contribution in [1.82, 2.24) is 4.90 Å². The first-order valence-corrected chi connectivity index (χ1v) is 14.0. The first-order valence-electron chi connectivity index (χ1n) is 12.8. The molecule has 2 aromatic carbocycles. The average Bonchev–Trinajstić information content (AvgIpc) is 3.10. The van der Waals surface area contributed by atoms with Crippen LogP contribution in [-0.4, -0.2) is 35.6 Å². The molecule has 1 aliphatic heterocycles. The van der Waals surface area contributed by atoms with E-state index in [0.717, 1.165) is 40.0 Å². The summed E-state index contributed by atoms with van der Waals surface area (Å²) >= 11 is 6.83. The number of amides is 3. The first-order chi connectivity index (χ1) is 17.8. The monoisotopic (exact) mass is 536 g/mol. The summed E-state index contributed by atoms with van der Waals surface area (Å²) in [5, 5.41) is 2.70. The van der Waals surface area contributed by atoms with Gasteiger partial charge in [0.25, 0.3) is 11.1 Å². The van der Waals surface area contributed by atoms with Crippen LogP contribution in [0.5, 0.6) is 5.75 Å². The number of nitrogens with zero attached hydrogens (tertiary/aromatic N) is 1. The Hall–Kier alpha value is -2.77. The van der Waals surface area contributed by atoms with Gasteiger partial charge in [0.2, 0.25) is 5.91 Å². The third-order valence-electron chi connectivity index (χ3n) is 8.45. The number of anilines is 1. The van der Waals surface area contributed by atoms with Crippen LogP contribution in [0.4, 0.5) is 10.5 Å². The van der Waals surface area contributed by atoms with Crippen LogP contribution in [0.2, 0.25) is 5.02 Å². The van der Waals surface area contributed by atoms with Gasteiger partial charge in [0.1, 0.15) is 12.3 Å². The van der Waals surface area contributed by atoms with Crippen molar-refractivity contribution < 1.29 is 19.1 Å². The number of carbonyl (C=O) groups excluding carboxylic acids is 3. The van der Waals surface area contributed by atoms with Gasteiger partial charge in [0.05, 0.1) is 12.0 Å². The second-order valence-electron chi connectivity index (χ2n) is 11.0. The number of imide groups is 1. The molecule has 0 atom stereocenters. The van der Waals surface area contributed by atoms with Crippen molar-refractivity contribution in [3.05, 3.63) is 63.5 Å². The summed E-state index contributed by atoms with van der Waals surface area (Å²) in [4.78, 5) is 39.6. The molecule has 4 aliphatic carbocycles. The number of thioether (sulfide) groups is 1. The fraction of sp³-hybridized carbons (Fsp3) is 0.414. The number of hydrogen-bond donors (Lipinski definition) is 1. The number of rotatable bonds is 6. The van der Waals surface area contributed by atoms with Gasteiger partial charge in [0, 0.05) is 16.3 Å². The van der Waals surface area contributed by atoms with Crippen molar-refractivity contribution in [3.8, 4) is 5.75 Å². The zero-order chi connectivity index (χ0) is 25.7. The van der Waals surface area contributed by atoms with E-state index in [1.165, 1.54) is 44.1 Å². The van der Waals surface area contributed by atoms with Crippen LogP contribution in [-0.2, 0) is 15.0 Å². The van der Waals surface area contributed by atoms with Crippen molar-refractivity contribution in [2.45, 2.75) is 43.9 Å². The van der Waals surface area contributed by atoms with Gasteiger partial charge >= 0.3 is 0 Å². The molecule has 8 heteroatoms. The predicted molar refractivity (Wildman–Crippen MR) is 146 cm³/mol. The van der Waals surface area contributed by atoms with Crippen LogP contribution in [0, 0.1) is 17.8 Å². The number of carbonyl (C=O) groups is 3. The molecule has 1 saturated heterocycles. The van der Waals surface area contributed by atoms with Gasteiger partial charge in [-0.1, -0.05) is 23.7 Å². The van der Waals surface area contributed by atoms with E-state index in [2.05, 4.69) is 17.4 Å². The van der Waals surface area contributed by atoms with Gasteiger partial charge in [-0.05, 0) is 115 Å². The molecule has 37 heavy (non-hydrogen) atoms. The minimum atomic E-state index is -0.474. The lowest BCUT2D eigenvalue weighted by Gasteiger charge is -2.57. The highest BCUT2D eigenvalue weighted by Gasteiger charge is 2.51. The highest BCUT2D eigenvalue weighted by atomic mass is 35.5. The number of halogens is 1. The van der Waals surface area contributed by atoms with Gasteiger partial charge in [-0.2, -0.15) is 0 Å². The van der Waals surface area contributed by atoms with Crippen LogP contribution in [0.1, 0.15) is 49.7 Å². The van der Waals surface area contributed by atoms with E-state index in [0.29, 0.717) is 21.4 Å². The Kier molecular flexibility index (Phi) is 6.32. The largest absolute Gasteiger partial charge is 0.496 e. The zero-order valence-electron chi connectivity index (χ0n) is 20.7. The average molecular weight is 537 g/mol. The molecule has 4 saturated carbocycles. The summed E-state index contributed by atoms with van der Waals surface area (Å²) in [7, 11) is 1.61. The maximum absolute atomic E-state index is 13.1. The lowest BCUT2D eigenvalue weighted by Crippen LogP contribution is -2.48. The highest BCUT2D eigenvalue weighted by Crippen LogP contribution is 2.61. The van der Waals surface area contributed by atoms with E-state index in [1.807, 2.05) is 6.07 Å². The lowest BCUT2D eigenvalue weighted by atomic mass is 9.48. The van der Waals surface area contributed by atoms with E-state index in [-0.39, 0.29) is 12.0 Å². The van der Waals surface area contributed by atoms with Crippen LogP contribution < -0.4 is 10.1 Å². The topological polar surface area (TPSA) is 75.7 Å². The van der Waals surface area contributed by atoms with Crippen molar-refractivity contribution in [3.63, 3.8) is 0 Å². The molecular weight excluding hydrogens is 508 g/mol. The van der Waals surface area contributed by atoms with Gasteiger partial charge < -0.3 is 10.1 Å². The Morgan fingerprint density at radius 1 is 1.11 bits per heavy atom. The van der Waals surface area contributed by atoms with Gasteiger partial charge in [-0.25, -0.2) is 0 Å². The maximum Gasteiger partial charge on any atom is 0.294 e. The van der Waals surface area contributed by atoms with E-state index in [1.54, 1.807) is 37.5 Å². The van der Waals surface area contributed by atoms with Crippen molar-refractivity contribution in [2.24, 2.45) is 17.8 Å². The van der Waals surface area contributed by atoms with Crippen LogP contribution in [0.15, 0.2) is 47.4 Å². The van der Waals surface area contributed by atoms with Crippen molar-refractivity contribution >= 4 is 52.2 Å². The van der Waals surface area contributed by atoms with E-state index < -0.39 is 17.1 Å². The van der Waals surface area contributed by atoms with Crippen molar-refractivity contribution in [1.29, 1.82) is 0 Å². The summed E-state index contributed by atoms with van der Waals surface area (Å²) < 4.78 is 5.62. The number of hydrogen-bond acceptors (Lipinski definition) is 5. The standard InChI is InChI=1S/C29H29ClN2O4S/c1-36-24-6-5-21(29-13-17-7-18(14-29)9-19(8-17)15-29)10-20(24)11-25-27(34)32(28(35)37-25)16-26(33)31-23-4-2-3-22(30)12-23/h2-6,10-12,17-19H,7-9,13-16H2,1H3,(H,31,33)/b25-11+. The second kappa shape index (κ2) is 9.52. The first kappa shape index (κ1) is 24.6. The predicted octanol–water partition coefficient (Wildman–Crippen LogP) is 6.49. The quantitative estimate of drug-likeness (QED) is 0.427. The number of nitrogens with one attached hydrogen (secondary N) is 1. The SMILES string of the molecule is COc1ccc(C23CC4CC(CC(C4)C2)C3)cc1/C=C1/SC(=O)N(CC(=O)Nc2cccc(Cl)c2)C1=O. The summed E-state index contributed by atoms with van der Waals surface area (Å²) in [6, 6.07) is 13.1. The minimum Gasteiger partial charge on any atom is -0.496 e. The third kappa shape index (κ3) is 4.68. The fourth-order valence-electron chi connectivity index (χ4n) is 7.33. The molecule has 192 valence electrons. The molecule has 1 heterocycles. The van der Waals surface area contributed by atoms with Crippen LogP contribution in [0.3, 0.4) is 0 Å². The molecule has 0 radical (unpaired) electrons. The fourth-order valence-corrected chi connectivity index (χ4v) is 8.35. The van der Waals surface area contributed by atoms with Crippen LogP contribution in [0.25, 0.3) is 6.08 Å². The molecular formula is C29H29ClN2O4S. The Morgan fingerprint density at radius 3 is 2.46 bits per heavy atom. The molecule has 0 aromatic heterocycles. The molecule has 5 aliphatic rings. The number of methoxy groups -OCH3 is 1. The normalized spacial score (nSPS) is 29.3. The molecule has 6 nitrogen and oxygen atoms in total. The molecule has 7 rings (SSSR count). The summed E-state index contributed by atoms with van der Waals surface area (Å²) in [6.45, 7) is -0.362. The molecule has 3 amide bonds. The zero-order valence-corrected chi connectivity index (χ0v) is 22.2. The number of benzene rings is 2. The molecule has 0 spiro atoms. The van der Waals surface area contributed by atoms with E-state index >= 15 is 0 Å². The van der Waals surface area contributed by atoms with Gasteiger partial charge in [-0.15, -0.1) is 0 Å². The highest BCUT2D eigenvalue weighted by molar-refractivity contribution is 8.18. The van der Waals surface area contributed by atoms with E-state index in [4.69, 9.17) is 16.3 Å². The third-order valence-corrected chi connectivity index (χ3v) is 9.59. The van der Waals surface area contributed by atoms with Gasteiger partial charge in [-0.3, -0.25) is 19.3 Å². The molecule has 0 unspecified atom stereocenters. The molecule has 4 bridgehead atoms. The molecule has 1 N–H and O–H groups in total. The Labute approximate surface area is 225 Å². The summed E-state index contributed by atoms with van der Waals surface area (Å²) in [5.74, 6) is 2.20. The summed E-state index contributed by atoms with van der Waals surface area (Å²) in [6.07, 6.45) is 9.58. The smallest absolute Gasteiger partial charge is 0.294 e. The lowest BCUT2D eigenvalue weighted by molar-refractivity contribution is -0.127. The Bertz CT molecular complexity index is 1290. The maximum atomic E-state index is 13.1. The molecule has 5 fully saturated rings. The Morgan fingerprint density at radius 2 is 1.81 bits per heavy atom. The van der Waals surface area contributed by atoms with Crippen molar-refractivity contribution in [2.75, 3.05) is 19.0 Å². The van der Waals surface area contributed by atoms with E-state index in [9.17, 15) is 14.4 Å².